The zero-order chi connectivity index (χ0) is 16.1. The molecule has 0 saturated carbocycles. The number of para-hydroxylation sites is 2. The van der Waals surface area contributed by atoms with Gasteiger partial charge in [-0.1, -0.05) is 18.6 Å². The van der Waals surface area contributed by atoms with Crippen molar-refractivity contribution in [1.29, 1.82) is 0 Å². The summed E-state index contributed by atoms with van der Waals surface area (Å²) < 4.78 is 5.45. The molecule has 0 aromatic heterocycles. The molecule has 0 aliphatic carbocycles. The van der Waals surface area contributed by atoms with Crippen LogP contribution >= 0.6 is 0 Å². The van der Waals surface area contributed by atoms with Gasteiger partial charge in [-0.05, 0) is 32.8 Å². The maximum Gasteiger partial charge on any atom is 0.310 e. The SMILES string of the molecule is C[C@@H]1CCC[C@H](C)N1C[C@H](O)COc1ccccc1[N+](=O)[O-]. The number of nitro groups is 1. The van der Waals surface area contributed by atoms with Crippen molar-refractivity contribution in [2.24, 2.45) is 0 Å². The summed E-state index contributed by atoms with van der Waals surface area (Å²) >= 11 is 0. The standard InChI is InChI=1S/C16H24N2O4/c1-12-6-5-7-13(2)17(12)10-14(19)11-22-16-9-4-3-8-15(16)18(20)21/h3-4,8-9,12-14,19H,5-7,10-11H2,1-2H3/t12-,13+,14-/m0/s1. The van der Waals surface area contributed by atoms with Crippen LogP contribution in [0, 0.1) is 10.1 Å². The topological polar surface area (TPSA) is 75.8 Å². The Labute approximate surface area is 130 Å². The quantitative estimate of drug-likeness (QED) is 0.646. The summed E-state index contributed by atoms with van der Waals surface area (Å²) in [4.78, 5) is 12.7. The number of nitrogens with zero attached hydrogens (tertiary/aromatic N) is 2. The number of piperidine rings is 1. The fourth-order valence-electron chi connectivity index (χ4n) is 3.05. The van der Waals surface area contributed by atoms with Crippen LogP contribution in [0.4, 0.5) is 5.69 Å². The Morgan fingerprint density at radius 2 is 2.00 bits per heavy atom. The normalized spacial score (nSPS) is 24.0. The minimum Gasteiger partial charge on any atom is -0.484 e. The molecule has 1 aliphatic rings. The number of aliphatic hydroxyl groups is 1. The van der Waals surface area contributed by atoms with Gasteiger partial charge in [-0.15, -0.1) is 0 Å². The molecular formula is C16H24N2O4. The highest BCUT2D eigenvalue weighted by Crippen LogP contribution is 2.26. The third-order valence-electron chi connectivity index (χ3n) is 4.29. The molecule has 1 heterocycles. The van der Waals surface area contributed by atoms with Crippen LogP contribution in [-0.4, -0.2) is 46.3 Å². The number of β-amino-alcohol motifs (C(OH)–C–C–N with tert-alkyl or cyclic N) is 1. The second kappa shape index (κ2) is 7.56. The van der Waals surface area contributed by atoms with Gasteiger partial charge in [0.1, 0.15) is 12.7 Å². The van der Waals surface area contributed by atoms with Gasteiger partial charge in [0.15, 0.2) is 5.75 Å². The van der Waals surface area contributed by atoms with Crippen LogP contribution in [-0.2, 0) is 0 Å². The summed E-state index contributed by atoms with van der Waals surface area (Å²) in [5, 5.41) is 21.1. The van der Waals surface area contributed by atoms with E-state index in [9.17, 15) is 15.2 Å². The summed E-state index contributed by atoms with van der Waals surface area (Å²) in [5.74, 6) is 0.200. The van der Waals surface area contributed by atoms with Gasteiger partial charge in [0.2, 0.25) is 0 Å². The fraction of sp³-hybridized carbons (Fsp3) is 0.625. The van der Waals surface area contributed by atoms with Crippen molar-refractivity contribution in [3.05, 3.63) is 34.4 Å². The number of ether oxygens (including phenoxy) is 1. The number of hydrogen-bond donors (Lipinski definition) is 1. The lowest BCUT2D eigenvalue weighted by Crippen LogP contribution is -2.48. The van der Waals surface area contributed by atoms with E-state index in [2.05, 4.69) is 18.7 Å². The Kier molecular flexibility index (Phi) is 5.74. The second-order valence-electron chi connectivity index (χ2n) is 6.02. The zero-order valence-corrected chi connectivity index (χ0v) is 13.1. The molecule has 0 bridgehead atoms. The molecule has 22 heavy (non-hydrogen) atoms. The first-order valence-corrected chi connectivity index (χ1v) is 7.79. The van der Waals surface area contributed by atoms with Crippen LogP contribution in [0.5, 0.6) is 5.75 Å². The van der Waals surface area contributed by atoms with Crippen LogP contribution < -0.4 is 4.74 Å². The lowest BCUT2D eigenvalue weighted by molar-refractivity contribution is -0.385. The molecule has 1 fully saturated rings. The number of hydrogen-bond acceptors (Lipinski definition) is 5. The molecule has 6 nitrogen and oxygen atoms in total. The molecule has 6 heteroatoms. The van der Waals surface area contributed by atoms with E-state index in [4.69, 9.17) is 4.74 Å². The van der Waals surface area contributed by atoms with E-state index in [1.807, 2.05) is 0 Å². The third-order valence-corrected chi connectivity index (χ3v) is 4.29. The molecule has 1 aromatic carbocycles. The molecule has 2 rings (SSSR count). The van der Waals surface area contributed by atoms with Crippen LogP contribution in [0.15, 0.2) is 24.3 Å². The Morgan fingerprint density at radius 3 is 2.64 bits per heavy atom. The predicted octanol–water partition coefficient (Wildman–Crippen LogP) is 2.60. The van der Waals surface area contributed by atoms with Crippen LogP contribution in [0.1, 0.15) is 33.1 Å². The Morgan fingerprint density at radius 1 is 1.36 bits per heavy atom. The van der Waals surface area contributed by atoms with Gasteiger partial charge in [0.05, 0.1) is 4.92 Å². The number of benzene rings is 1. The number of rotatable bonds is 6. The summed E-state index contributed by atoms with van der Waals surface area (Å²) in [7, 11) is 0. The lowest BCUT2D eigenvalue weighted by atomic mass is 9.97. The van der Waals surface area contributed by atoms with Gasteiger partial charge in [-0.2, -0.15) is 0 Å². The Bertz CT molecular complexity index is 499. The molecule has 0 spiro atoms. The van der Waals surface area contributed by atoms with Crippen molar-refractivity contribution >= 4 is 5.69 Å². The van der Waals surface area contributed by atoms with Crippen LogP contribution in [0.2, 0.25) is 0 Å². The zero-order valence-electron chi connectivity index (χ0n) is 13.1. The third kappa shape index (κ3) is 4.18. The van der Waals surface area contributed by atoms with E-state index in [0.29, 0.717) is 18.6 Å². The highest BCUT2D eigenvalue weighted by molar-refractivity contribution is 5.45. The Balaban J connectivity index is 1.90. The van der Waals surface area contributed by atoms with E-state index < -0.39 is 11.0 Å². The van der Waals surface area contributed by atoms with Crippen molar-refractivity contribution in [3.8, 4) is 5.75 Å². The first kappa shape index (κ1) is 16.7. The number of likely N-dealkylation sites (tertiary alicyclic amines) is 1. The average molecular weight is 308 g/mol. The monoisotopic (exact) mass is 308 g/mol. The van der Waals surface area contributed by atoms with E-state index in [0.717, 1.165) is 12.8 Å². The summed E-state index contributed by atoms with van der Waals surface area (Å²) in [6, 6.07) is 7.13. The number of nitro benzene ring substituents is 1. The molecule has 1 N–H and O–H groups in total. The minimum absolute atomic E-state index is 0.0563. The van der Waals surface area contributed by atoms with Crippen LogP contribution in [0.25, 0.3) is 0 Å². The molecule has 3 atom stereocenters. The van der Waals surface area contributed by atoms with Crippen molar-refractivity contribution in [2.45, 2.75) is 51.3 Å². The number of aliphatic hydroxyl groups excluding tert-OH is 1. The predicted molar refractivity (Wildman–Crippen MR) is 84.1 cm³/mol. The summed E-state index contributed by atoms with van der Waals surface area (Å²) in [6.07, 6.45) is 2.84. The van der Waals surface area contributed by atoms with Gasteiger partial charge < -0.3 is 9.84 Å². The second-order valence-corrected chi connectivity index (χ2v) is 6.02. The van der Waals surface area contributed by atoms with E-state index in [1.54, 1.807) is 18.2 Å². The average Bonchev–Trinajstić information content (AvgIpc) is 2.49. The minimum atomic E-state index is -0.664. The first-order chi connectivity index (χ1) is 10.5. The van der Waals surface area contributed by atoms with E-state index in [-0.39, 0.29) is 18.0 Å². The van der Waals surface area contributed by atoms with Crippen molar-refractivity contribution < 1.29 is 14.8 Å². The van der Waals surface area contributed by atoms with Gasteiger partial charge in [0, 0.05) is 24.7 Å². The maximum atomic E-state index is 10.9. The molecule has 0 radical (unpaired) electrons. The van der Waals surface area contributed by atoms with Gasteiger partial charge >= 0.3 is 5.69 Å². The largest absolute Gasteiger partial charge is 0.484 e. The van der Waals surface area contributed by atoms with Gasteiger partial charge in [-0.25, -0.2) is 0 Å². The first-order valence-electron chi connectivity index (χ1n) is 7.79. The summed E-state index contributed by atoms with van der Waals surface area (Å²) in [5.41, 5.74) is -0.0746. The van der Waals surface area contributed by atoms with E-state index >= 15 is 0 Å². The Hall–Kier alpha value is -1.66. The molecule has 122 valence electrons. The van der Waals surface area contributed by atoms with Gasteiger partial charge in [-0.3, -0.25) is 15.0 Å². The van der Waals surface area contributed by atoms with E-state index in [1.165, 1.54) is 12.5 Å². The molecule has 0 amide bonds. The molecular weight excluding hydrogens is 284 g/mol. The summed E-state index contributed by atoms with van der Waals surface area (Å²) in [6.45, 7) is 4.93. The lowest BCUT2D eigenvalue weighted by Gasteiger charge is -2.39. The molecule has 0 unspecified atom stereocenters. The molecule has 1 aromatic rings. The fourth-order valence-corrected chi connectivity index (χ4v) is 3.05. The molecule has 1 aliphatic heterocycles. The highest BCUT2D eigenvalue weighted by atomic mass is 16.6. The highest BCUT2D eigenvalue weighted by Gasteiger charge is 2.26. The van der Waals surface area contributed by atoms with Crippen molar-refractivity contribution in [2.75, 3.05) is 13.2 Å². The van der Waals surface area contributed by atoms with Crippen molar-refractivity contribution in [3.63, 3.8) is 0 Å². The smallest absolute Gasteiger partial charge is 0.310 e. The van der Waals surface area contributed by atoms with Crippen molar-refractivity contribution in [1.82, 2.24) is 4.90 Å². The van der Waals surface area contributed by atoms with Gasteiger partial charge in [0.25, 0.3) is 0 Å². The molecule has 1 saturated heterocycles. The van der Waals surface area contributed by atoms with Crippen LogP contribution in [0.3, 0.4) is 0 Å². The maximum absolute atomic E-state index is 10.9.